The number of amides is 1. The molecule has 1 aromatic carbocycles. The molecular weight excluding hydrogens is 278 g/mol. The monoisotopic (exact) mass is 299 g/mol. The predicted molar refractivity (Wildman–Crippen MR) is 77.2 cm³/mol. The summed E-state index contributed by atoms with van der Waals surface area (Å²) in [5, 5.41) is 7.74. The van der Waals surface area contributed by atoms with Gasteiger partial charge >= 0.3 is 0 Å². The van der Waals surface area contributed by atoms with Crippen LogP contribution in [-0.2, 0) is 21.4 Å². The topological polar surface area (TPSA) is 115 Å². The molecule has 0 saturated heterocycles. The highest BCUT2D eigenvalue weighted by atomic mass is 32.2. The van der Waals surface area contributed by atoms with Crippen molar-refractivity contribution in [3.63, 3.8) is 0 Å². The number of hydrogen-bond acceptors (Lipinski definition) is 4. The molecule has 6 nitrogen and oxygen atoms in total. The maximum atomic E-state index is 11.9. The fourth-order valence-electron chi connectivity index (χ4n) is 1.81. The Labute approximate surface area is 119 Å². The molecule has 0 bridgehead atoms. The quantitative estimate of drug-likeness (QED) is 0.708. The minimum atomic E-state index is -3.69. The zero-order valence-electron chi connectivity index (χ0n) is 11.7. The molecule has 1 unspecified atom stereocenters. The van der Waals surface area contributed by atoms with Gasteiger partial charge in [0, 0.05) is 6.54 Å². The Hall–Kier alpha value is -1.44. The van der Waals surface area contributed by atoms with Crippen molar-refractivity contribution in [2.75, 3.05) is 0 Å². The molecule has 0 aliphatic carbocycles. The van der Waals surface area contributed by atoms with Gasteiger partial charge in [-0.15, -0.1) is 0 Å². The highest BCUT2D eigenvalue weighted by Gasteiger charge is 2.26. The van der Waals surface area contributed by atoms with E-state index in [1.807, 2.05) is 6.92 Å². The lowest BCUT2D eigenvalue weighted by Gasteiger charge is -2.22. The van der Waals surface area contributed by atoms with Crippen molar-refractivity contribution in [3.05, 3.63) is 29.8 Å². The van der Waals surface area contributed by atoms with Crippen LogP contribution >= 0.6 is 0 Å². The summed E-state index contributed by atoms with van der Waals surface area (Å²) in [5.41, 5.74) is 5.79. The summed E-state index contributed by atoms with van der Waals surface area (Å²) in [6.07, 6.45) is 1.42. The maximum absolute atomic E-state index is 11.9. The van der Waals surface area contributed by atoms with E-state index in [1.165, 1.54) is 12.1 Å². The molecule has 1 aromatic rings. The molecule has 1 amide bonds. The number of nitrogens with one attached hydrogen (secondary N) is 1. The molecule has 0 heterocycles. The van der Waals surface area contributed by atoms with E-state index in [2.05, 4.69) is 5.32 Å². The van der Waals surface area contributed by atoms with Crippen molar-refractivity contribution in [2.24, 2.45) is 10.9 Å². The summed E-state index contributed by atoms with van der Waals surface area (Å²) >= 11 is 0. The van der Waals surface area contributed by atoms with Crippen molar-refractivity contribution >= 4 is 15.9 Å². The lowest BCUT2D eigenvalue weighted by atomic mass is 9.96. The van der Waals surface area contributed by atoms with Crippen LogP contribution in [0.3, 0.4) is 0 Å². The van der Waals surface area contributed by atoms with Gasteiger partial charge in [0.1, 0.15) is 0 Å². The van der Waals surface area contributed by atoms with Gasteiger partial charge in [0.15, 0.2) is 0 Å². The minimum absolute atomic E-state index is 0.0437. The van der Waals surface area contributed by atoms with Crippen LogP contribution in [-0.4, -0.2) is 19.9 Å². The number of carbonyl (C=O) groups excluding carboxylic acids is 1. The predicted octanol–water partition coefficient (Wildman–Crippen LogP) is 0.468. The van der Waals surface area contributed by atoms with Crippen LogP contribution in [0.5, 0.6) is 0 Å². The maximum Gasteiger partial charge on any atom is 0.240 e. The van der Waals surface area contributed by atoms with Crippen LogP contribution in [0.15, 0.2) is 29.2 Å². The second-order valence-electron chi connectivity index (χ2n) is 5.04. The van der Waals surface area contributed by atoms with Crippen LogP contribution in [0, 0.1) is 0 Å². The number of benzene rings is 1. The number of primary sulfonamides is 1. The smallest absolute Gasteiger partial charge is 0.240 e. The molecule has 0 saturated carbocycles. The minimum Gasteiger partial charge on any atom is -0.350 e. The molecule has 5 N–H and O–H groups in total. The summed E-state index contributed by atoms with van der Waals surface area (Å²) in [5.74, 6) is -0.227. The van der Waals surface area contributed by atoms with Gasteiger partial charge < -0.3 is 11.1 Å². The highest BCUT2D eigenvalue weighted by molar-refractivity contribution is 7.89. The largest absolute Gasteiger partial charge is 0.350 e. The molecule has 0 fully saturated rings. The van der Waals surface area contributed by atoms with Crippen LogP contribution in [0.2, 0.25) is 0 Å². The number of carbonyl (C=O) groups is 1. The Balaban J connectivity index is 2.65. The number of sulfonamides is 1. The zero-order valence-corrected chi connectivity index (χ0v) is 12.5. The fraction of sp³-hybridized carbons (Fsp3) is 0.462. The molecule has 0 aromatic heterocycles. The van der Waals surface area contributed by atoms with E-state index >= 15 is 0 Å². The standard InChI is InChI=1S/C13H21N3O3S/c1-3-8-13(2,14)12(17)16-9-10-4-6-11(7-5-10)20(15,18)19/h4-7H,3,8-9,14H2,1-2H3,(H,16,17)(H2,15,18,19). The average Bonchev–Trinajstić information content (AvgIpc) is 2.35. The zero-order chi connectivity index (χ0) is 15.4. The Bertz CT molecular complexity index is 565. The number of rotatable bonds is 6. The van der Waals surface area contributed by atoms with Crippen LogP contribution in [0.25, 0.3) is 0 Å². The molecular formula is C13H21N3O3S. The van der Waals surface area contributed by atoms with E-state index in [4.69, 9.17) is 10.9 Å². The van der Waals surface area contributed by atoms with Gasteiger partial charge in [-0.05, 0) is 31.0 Å². The Morgan fingerprint density at radius 1 is 1.30 bits per heavy atom. The van der Waals surface area contributed by atoms with Crippen LogP contribution in [0.4, 0.5) is 0 Å². The SMILES string of the molecule is CCCC(C)(N)C(=O)NCc1ccc(S(N)(=O)=O)cc1. The second-order valence-corrected chi connectivity index (χ2v) is 6.60. The van der Waals surface area contributed by atoms with Gasteiger partial charge in [0.2, 0.25) is 15.9 Å². The van der Waals surface area contributed by atoms with E-state index in [-0.39, 0.29) is 10.8 Å². The van der Waals surface area contributed by atoms with E-state index in [0.717, 1.165) is 12.0 Å². The van der Waals surface area contributed by atoms with Gasteiger partial charge in [-0.3, -0.25) is 4.79 Å². The lowest BCUT2D eigenvalue weighted by molar-refractivity contribution is -0.126. The number of hydrogen-bond donors (Lipinski definition) is 3. The first kappa shape index (κ1) is 16.6. The van der Waals surface area contributed by atoms with Gasteiger partial charge in [-0.25, -0.2) is 13.6 Å². The summed E-state index contributed by atoms with van der Waals surface area (Å²) in [4.78, 5) is 11.9. The molecule has 0 aliphatic heterocycles. The second kappa shape index (κ2) is 6.34. The molecule has 1 atom stereocenters. The average molecular weight is 299 g/mol. The molecule has 112 valence electrons. The number of nitrogens with two attached hydrogens (primary N) is 2. The molecule has 0 spiro atoms. The van der Waals surface area contributed by atoms with E-state index < -0.39 is 15.6 Å². The normalized spacial score (nSPS) is 14.6. The Morgan fingerprint density at radius 2 is 1.85 bits per heavy atom. The van der Waals surface area contributed by atoms with Crippen molar-refractivity contribution in [1.82, 2.24) is 5.32 Å². The van der Waals surface area contributed by atoms with Crippen LogP contribution in [0.1, 0.15) is 32.3 Å². The van der Waals surface area contributed by atoms with Gasteiger partial charge in [0.05, 0.1) is 10.4 Å². The summed E-state index contributed by atoms with van der Waals surface area (Å²) in [6, 6.07) is 6.02. The third-order valence-electron chi connectivity index (χ3n) is 2.99. The molecule has 20 heavy (non-hydrogen) atoms. The fourth-order valence-corrected chi connectivity index (χ4v) is 2.33. The Morgan fingerprint density at radius 3 is 2.30 bits per heavy atom. The third kappa shape index (κ3) is 4.59. The van der Waals surface area contributed by atoms with E-state index in [1.54, 1.807) is 19.1 Å². The van der Waals surface area contributed by atoms with Gasteiger partial charge in [-0.2, -0.15) is 0 Å². The molecule has 1 rings (SSSR count). The van der Waals surface area contributed by atoms with Crippen molar-refractivity contribution in [2.45, 2.75) is 43.7 Å². The summed E-state index contributed by atoms with van der Waals surface area (Å²) in [6.45, 7) is 3.94. The Kier molecular flexibility index (Phi) is 5.27. The van der Waals surface area contributed by atoms with E-state index in [0.29, 0.717) is 13.0 Å². The lowest BCUT2D eigenvalue weighted by Crippen LogP contribution is -2.51. The molecule has 0 radical (unpaired) electrons. The third-order valence-corrected chi connectivity index (χ3v) is 3.92. The molecule has 0 aliphatic rings. The first-order valence-corrected chi connectivity index (χ1v) is 7.90. The van der Waals surface area contributed by atoms with Crippen molar-refractivity contribution < 1.29 is 13.2 Å². The highest BCUT2D eigenvalue weighted by Crippen LogP contribution is 2.11. The van der Waals surface area contributed by atoms with Crippen molar-refractivity contribution in [3.8, 4) is 0 Å². The van der Waals surface area contributed by atoms with Crippen molar-refractivity contribution in [1.29, 1.82) is 0 Å². The van der Waals surface area contributed by atoms with Gasteiger partial charge in [0.25, 0.3) is 0 Å². The van der Waals surface area contributed by atoms with Crippen LogP contribution < -0.4 is 16.2 Å². The van der Waals surface area contributed by atoms with Gasteiger partial charge in [-0.1, -0.05) is 25.5 Å². The summed E-state index contributed by atoms with van der Waals surface area (Å²) in [7, 11) is -3.69. The molecule has 7 heteroatoms. The summed E-state index contributed by atoms with van der Waals surface area (Å²) < 4.78 is 22.2. The van der Waals surface area contributed by atoms with E-state index in [9.17, 15) is 13.2 Å². The first-order chi connectivity index (χ1) is 9.16. The first-order valence-electron chi connectivity index (χ1n) is 6.36.